The number of nitrogens with zero attached hydrogens (tertiary/aromatic N) is 5. The molecule has 0 bridgehead atoms. The fourth-order valence-corrected chi connectivity index (χ4v) is 2.64. The molecule has 1 aromatic heterocycles. The Balaban J connectivity index is 1.76. The first-order valence-electron chi connectivity index (χ1n) is 7.82. The first-order valence-corrected chi connectivity index (χ1v) is 7.82. The molecule has 6 heteroatoms. The summed E-state index contributed by atoms with van der Waals surface area (Å²) in [5, 5.41) is 18.1. The van der Waals surface area contributed by atoms with Crippen LogP contribution in [0.2, 0.25) is 0 Å². The van der Waals surface area contributed by atoms with E-state index in [1.54, 1.807) is 0 Å². The average Bonchev–Trinajstić information content (AvgIpc) is 3.35. The second kappa shape index (κ2) is 6.55. The molecule has 1 aliphatic carbocycles. The molecule has 2 aromatic rings. The lowest BCUT2D eigenvalue weighted by atomic mass is 10.1. The van der Waals surface area contributed by atoms with Gasteiger partial charge in [-0.2, -0.15) is 10.5 Å². The molecule has 1 aliphatic rings. The Bertz CT molecular complexity index is 834. The predicted molar refractivity (Wildman–Crippen MR) is 86.4 cm³/mol. The summed E-state index contributed by atoms with van der Waals surface area (Å²) < 4.78 is 1.45. The maximum absolute atomic E-state index is 12.7. The van der Waals surface area contributed by atoms with E-state index in [1.807, 2.05) is 48.2 Å². The minimum absolute atomic E-state index is 0.0277. The molecule has 0 atom stereocenters. The molecule has 0 aliphatic heterocycles. The number of carbonyl (C=O) groups is 1. The third-order valence-electron chi connectivity index (χ3n) is 4.14. The first-order chi connectivity index (χ1) is 11.6. The number of amides is 1. The van der Waals surface area contributed by atoms with E-state index in [0.717, 1.165) is 18.4 Å². The molecule has 120 valence electrons. The Hall–Kier alpha value is -3.12. The molecule has 0 radical (unpaired) electrons. The van der Waals surface area contributed by atoms with E-state index in [1.165, 1.54) is 16.5 Å². The molecule has 6 nitrogen and oxygen atoms in total. The van der Waals surface area contributed by atoms with E-state index in [9.17, 15) is 4.79 Å². The number of nitriles is 2. The van der Waals surface area contributed by atoms with Gasteiger partial charge in [0.15, 0.2) is 11.4 Å². The fourth-order valence-electron chi connectivity index (χ4n) is 2.64. The summed E-state index contributed by atoms with van der Waals surface area (Å²) in [5.41, 5.74) is 2.47. The van der Waals surface area contributed by atoms with Crippen molar-refractivity contribution in [3.63, 3.8) is 0 Å². The minimum Gasteiger partial charge on any atom is -0.334 e. The monoisotopic (exact) mass is 319 g/mol. The van der Waals surface area contributed by atoms with Crippen molar-refractivity contribution in [2.45, 2.75) is 38.9 Å². The zero-order valence-electron chi connectivity index (χ0n) is 13.4. The van der Waals surface area contributed by atoms with Gasteiger partial charge in [-0.15, -0.1) is 0 Å². The number of carbonyl (C=O) groups excluding carboxylic acids is 1. The largest absolute Gasteiger partial charge is 0.334 e. The van der Waals surface area contributed by atoms with Crippen LogP contribution < -0.4 is 0 Å². The predicted octanol–water partition coefficient (Wildman–Crippen LogP) is 2.13. The Kier molecular flexibility index (Phi) is 4.31. The topological polar surface area (TPSA) is 85.7 Å². The summed E-state index contributed by atoms with van der Waals surface area (Å²) in [6, 6.07) is 12.2. The van der Waals surface area contributed by atoms with E-state index in [-0.39, 0.29) is 29.9 Å². The number of benzene rings is 1. The van der Waals surface area contributed by atoms with Gasteiger partial charge < -0.3 is 9.47 Å². The quantitative estimate of drug-likeness (QED) is 0.845. The summed E-state index contributed by atoms with van der Waals surface area (Å²) >= 11 is 0. The molecule has 0 saturated heterocycles. The Morgan fingerprint density at radius 1 is 1.29 bits per heavy atom. The van der Waals surface area contributed by atoms with E-state index >= 15 is 0 Å². The fraction of sp³-hybridized carbons (Fsp3) is 0.333. The smallest absolute Gasteiger partial charge is 0.243 e. The lowest BCUT2D eigenvalue weighted by Crippen LogP contribution is -2.35. The Morgan fingerprint density at radius 3 is 2.58 bits per heavy atom. The molecule has 24 heavy (non-hydrogen) atoms. The number of aromatic nitrogens is 2. The highest BCUT2D eigenvalue weighted by molar-refractivity contribution is 5.77. The van der Waals surface area contributed by atoms with Crippen molar-refractivity contribution in [2.75, 3.05) is 0 Å². The maximum Gasteiger partial charge on any atom is 0.243 e. The van der Waals surface area contributed by atoms with Gasteiger partial charge in [0.1, 0.15) is 18.7 Å². The summed E-state index contributed by atoms with van der Waals surface area (Å²) in [6.45, 7) is 2.62. The van der Waals surface area contributed by atoms with Gasteiger partial charge in [0.2, 0.25) is 5.91 Å². The van der Waals surface area contributed by atoms with E-state index in [2.05, 4.69) is 4.98 Å². The minimum atomic E-state index is -0.0588. The Morgan fingerprint density at radius 2 is 2.00 bits per heavy atom. The van der Waals surface area contributed by atoms with Crippen molar-refractivity contribution in [1.82, 2.24) is 14.5 Å². The molecular formula is C18H17N5O. The van der Waals surface area contributed by atoms with Gasteiger partial charge in [0.05, 0.1) is 6.33 Å². The number of rotatable bonds is 5. The third-order valence-corrected chi connectivity index (χ3v) is 4.14. The van der Waals surface area contributed by atoms with E-state index in [4.69, 9.17) is 10.5 Å². The summed E-state index contributed by atoms with van der Waals surface area (Å²) in [6.07, 6.45) is 3.40. The molecular weight excluding hydrogens is 302 g/mol. The van der Waals surface area contributed by atoms with Crippen LogP contribution in [0.3, 0.4) is 0 Å². The highest BCUT2D eigenvalue weighted by Gasteiger charge is 2.32. The van der Waals surface area contributed by atoms with Crippen molar-refractivity contribution in [2.24, 2.45) is 0 Å². The highest BCUT2D eigenvalue weighted by Crippen LogP contribution is 2.29. The van der Waals surface area contributed by atoms with Gasteiger partial charge in [0, 0.05) is 12.6 Å². The lowest BCUT2D eigenvalue weighted by molar-refractivity contribution is -0.133. The molecule has 1 heterocycles. The normalized spacial score (nSPS) is 13.1. The van der Waals surface area contributed by atoms with Crippen LogP contribution in [-0.2, 0) is 17.9 Å². The summed E-state index contributed by atoms with van der Waals surface area (Å²) in [5.74, 6) is -0.0588. The zero-order chi connectivity index (χ0) is 17.1. The molecule has 0 unspecified atom stereocenters. The number of imidazole rings is 1. The average molecular weight is 319 g/mol. The van der Waals surface area contributed by atoms with Gasteiger partial charge in [0.25, 0.3) is 0 Å². The van der Waals surface area contributed by atoms with Crippen molar-refractivity contribution < 1.29 is 4.79 Å². The lowest BCUT2D eigenvalue weighted by Gasteiger charge is -2.23. The van der Waals surface area contributed by atoms with Crippen molar-refractivity contribution in [3.8, 4) is 12.1 Å². The van der Waals surface area contributed by atoms with Crippen LogP contribution >= 0.6 is 0 Å². The SMILES string of the molecule is Cc1ccc(CN(C(=O)Cn2cnc(C#N)c2C#N)C2CC2)cc1. The van der Waals surface area contributed by atoms with Crippen LogP contribution in [0.1, 0.15) is 35.4 Å². The van der Waals surface area contributed by atoms with Crippen LogP contribution in [0.5, 0.6) is 0 Å². The molecule has 1 amide bonds. The van der Waals surface area contributed by atoms with Gasteiger partial charge in [-0.05, 0) is 25.3 Å². The number of hydrogen-bond donors (Lipinski definition) is 0. The van der Waals surface area contributed by atoms with Crippen LogP contribution in [0.25, 0.3) is 0 Å². The molecule has 0 N–H and O–H groups in total. The van der Waals surface area contributed by atoms with Crippen LogP contribution in [0.4, 0.5) is 0 Å². The summed E-state index contributed by atoms with van der Waals surface area (Å²) in [4.78, 5) is 18.5. The van der Waals surface area contributed by atoms with Crippen LogP contribution in [0, 0.1) is 29.6 Å². The Labute approximate surface area is 140 Å². The van der Waals surface area contributed by atoms with Crippen molar-refractivity contribution in [3.05, 3.63) is 53.1 Å². The van der Waals surface area contributed by atoms with E-state index < -0.39 is 0 Å². The van der Waals surface area contributed by atoms with Crippen molar-refractivity contribution >= 4 is 5.91 Å². The first kappa shape index (κ1) is 15.8. The summed E-state index contributed by atoms with van der Waals surface area (Å²) in [7, 11) is 0. The number of aryl methyl sites for hydroxylation is 1. The van der Waals surface area contributed by atoms with Crippen LogP contribution in [0.15, 0.2) is 30.6 Å². The molecule has 0 spiro atoms. The standard InChI is InChI=1S/C18H17N5O/c1-13-2-4-14(5-3-13)10-23(15-6-7-15)18(24)11-22-12-21-16(8-19)17(22)9-20/h2-5,12,15H,6-7,10-11H2,1H3. The second-order valence-electron chi connectivity index (χ2n) is 6.03. The van der Waals surface area contributed by atoms with Crippen molar-refractivity contribution in [1.29, 1.82) is 10.5 Å². The highest BCUT2D eigenvalue weighted by atomic mass is 16.2. The molecule has 1 fully saturated rings. The zero-order valence-corrected chi connectivity index (χ0v) is 13.4. The molecule has 1 saturated carbocycles. The second-order valence-corrected chi connectivity index (χ2v) is 6.03. The van der Waals surface area contributed by atoms with Gasteiger partial charge in [-0.1, -0.05) is 29.8 Å². The van der Waals surface area contributed by atoms with E-state index in [0.29, 0.717) is 6.54 Å². The number of hydrogen-bond acceptors (Lipinski definition) is 4. The van der Waals surface area contributed by atoms with Gasteiger partial charge >= 0.3 is 0 Å². The van der Waals surface area contributed by atoms with Gasteiger partial charge in [-0.3, -0.25) is 4.79 Å². The van der Waals surface area contributed by atoms with Crippen LogP contribution in [-0.4, -0.2) is 26.4 Å². The molecule has 1 aromatic carbocycles. The van der Waals surface area contributed by atoms with Gasteiger partial charge in [-0.25, -0.2) is 4.98 Å². The maximum atomic E-state index is 12.7. The third kappa shape index (κ3) is 3.28. The molecule has 3 rings (SSSR count).